The number of halogens is 1. The van der Waals surface area contributed by atoms with Crippen molar-refractivity contribution in [2.75, 3.05) is 44.3 Å². The minimum absolute atomic E-state index is 0.135. The van der Waals surface area contributed by atoms with Gasteiger partial charge < -0.3 is 24.8 Å². The molecule has 186 valence electrons. The van der Waals surface area contributed by atoms with Crippen LogP contribution >= 0.6 is 11.3 Å². The minimum atomic E-state index is -0.274. The lowest BCUT2D eigenvalue weighted by molar-refractivity contribution is 0.122. The summed E-state index contributed by atoms with van der Waals surface area (Å²) >= 11 is 1.57. The summed E-state index contributed by atoms with van der Waals surface area (Å²) < 4.78 is 21.0. The molecule has 7 nitrogen and oxygen atoms in total. The van der Waals surface area contributed by atoms with Gasteiger partial charge in [-0.2, -0.15) is 0 Å². The van der Waals surface area contributed by atoms with Crippen LogP contribution in [0.15, 0.2) is 58.9 Å². The number of unbranched alkanes of at least 4 members (excludes halogenated alkanes) is 1. The van der Waals surface area contributed by atoms with E-state index in [1.54, 1.807) is 23.5 Å². The molecular weight excluding hydrogens is 465 g/mol. The maximum absolute atomic E-state index is 13.4. The molecule has 2 N–H and O–H groups in total. The number of hydrogen-bond donors (Lipinski definition) is 2. The molecule has 0 unspecified atom stereocenters. The van der Waals surface area contributed by atoms with Gasteiger partial charge in [0.2, 0.25) is 0 Å². The Morgan fingerprint density at radius 3 is 2.51 bits per heavy atom. The van der Waals surface area contributed by atoms with Crippen LogP contribution in [0.3, 0.4) is 0 Å². The average molecular weight is 498 g/mol. The van der Waals surface area contributed by atoms with Crippen LogP contribution in [0.4, 0.5) is 20.6 Å². The first-order valence-corrected chi connectivity index (χ1v) is 13.0. The number of nitrogens with zero attached hydrogens (tertiary/aromatic N) is 3. The van der Waals surface area contributed by atoms with Gasteiger partial charge in [0.15, 0.2) is 4.80 Å². The first-order chi connectivity index (χ1) is 17.1. The normalized spacial score (nSPS) is 14.2. The molecule has 1 saturated heterocycles. The van der Waals surface area contributed by atoms with Gasteiger partial charge in [-0.05, 0) is 61.7 Å². The van der Waals surface area contributed by atoms with Crippen molar-refractivity contribution in [2.45, 2.75) is 26.3 Å². The number of hydrogen-bond acceptors (Lipinski definition) is 5. The van der Waals surface area contributed by atoms with Crippen LogP contribution in [0.25, 0.3) is 11.3 Å². The smallest absolute Gasteiger partial charge is 0.314 e. The Bertz CT molecular complexity index is 1150. The molecule has 2 aromatic carbocycles. The molecule has 9 heteroatoms. The SMILES string of the molecule is CCNC(=O)NCCCCn1c(-c2ccc(N3CCOCC3)cc2)csc1=Nc1ccc(F)cc1. The molecule has 0 aliphatic carbocycles. The summed E-state index contributed by atoms with van der Waals surface area (Å²) in [5, 5.41) is 7.75. The van der Waals surface area contributed by atoms with Crippen LogP contribution in [0.1, 0.15) is 19.8 Å². The molecule has 1 aliphatic rings. The third-order valence-corrected chi connectivity index (χ3v) is 6.68. The average Bonchev–Trinajstić information content (AvgIpc) is 3.28. The fourth-order valence-corrected chi connectivity index (χ4v) is 4.93. The van der Waals surface area contributed by atoms with E-state index < -0.39 is 0 Å². The number of carbonyl (C=O) groups excluding carboxylic acids is 1. The zero-order valence-electron chi connectivity index (χ0n) is 20.0. The van der Waals surface area contributed by atoms with Crippen molar-refractivity contribution in [1.82, 2.24) is 15.2 Å². The zero-order valence-corrected chi connectivity index (χ0v) is 20.8. The summed E-state index contributed by atoms with van der Waals surface area (Å²) in [7, 11) is 0. The van der Waals surface area contributed by atoms with Gasteiger partial charge in [0, 0.05) is 43.8 Å². The number of benzene rings is 2. The van der Waals surface area contributed by atoms with Gasteiger partial charge in [-0.1, -0.05) is 12.1 Å². The highest BCUT2D eigenvalue weighted by Gasteiger charge is 2.13. The van der Waals surface area contributed by atoms with E-state index in [1.807, 2.05) is 6.92 Å². The van der Waals surface area contributed by atoms with E-state index in [2.05, 4.69) is 49.7 Å². The zero-order chi connectivity index (χ0) is 24.5. The standard InChI is InChI=1S/C26H32FN5O2S/c1-2-28-25(33)29-13-3-4-14-32-24(19-35-26(32)30-22-9-7-21(27)8-10-22)20-5-11-23(12-6-20)31-15-17-34-18-16-31/h5-12,19H,2-4,13-18H2,1H3,(H2,28,29,33). The van der Waals surface area contributed by atoms with Crippen molar-refractivity contribution >= 4 is 28.7 Å². The Hall–Kier alpha value is -3.17. The molecule has 0 atom stereocenters. The fourth-order valence-electron chi connectivity index (χ4n) is 3.98. The molecule has 3 aromatic rings. The van der Waals surface area contributed by atoms with Gasteiger partial charge in [0.1, 0.15) is 5.82 Å². The summed E-state index contributed by atoms with van der Waals surface area (Å²) in [6, 6.07) is 14.7. The van der Waals surface area contributed by atoms with E-state index in [9.17, 15) is 9.18 Å². The molecule has 0 radical (unpaired) electrons. The lowest BCUT2D eigenvalue weighted by Crippen LogP contribution is -2.36. The molecule has 0 bridgehead atoms. The molecule has 0 saturated carbocycles. The number of anilines is 1. The van der Waals surface area contributed by atoms with Gasteiger partial charge in [-0.25, -0.2) is 14.2 Å². The molecule has 1 aromatic heterocycles. The molecule has 35 heavy (non-hydrogen) atoms. The van der Waals surface area contributed by atoms with E-state index in [-0.39, 0.29) is 11.8 Å². The summed E-state index contributed by atoms with van der Waals surface area (Å²) in [6.45, 7) is 7.22. The lowest BCUT2D eigenvalue weighted by Gasteiger charge is -2.28. The molecule has 2 amide bonds. The highest BCUT2D eigenvalue weighted by atomic mass is 32.1. The van der Waals surface area contributed by atoms with Crippen molar-refractivity contribution in [1.29, 1.82) is 0 Å². The van der Waals surface area contributed by atoms with Crippen molar-refractivity contribution in [2.24, 2.45) is 4.99 Å². The van der Waals surface area contributed by atoms with Crippen LogP contribution in [0.5, 0.6) is 0 Å². The number of ether oxygens (including phenoxy) is 1. The summed E-state index contributed by atoms with van der Waals surface area (Å²) in [5.41, 5.74) is 4.14. The number of morpholine rings is 1. The number of urea groups is 1. The highest BCUT2D eigenvalue weighted by Crippen LogP contribution is 2.25. The number of thiazole rings is 1. The second-order valence-electron chi connectivity index (χ2n) is 8.28. The van der Waals surface area contributed by atoms with Crippen LogP contribution in [0, 0.1) is 5.82 Å². The Balaban J connectivity index is 1.53. The molecule has 0 spiro atoms. The Morgan fingerprint density at radius 2 is 1.80 bits per heavy atom. The van der Waals surface area contributed by atoms with E-state index in [1.165, 1.54) is 17.8 Å². The number of carbonyl (C=O) groups is 1. The number of nitrogens with one attached hydrogen (secondary N) is 2. The predicted molar refractivity (Wildman–Crippen MR) is 139 cm³/mol. The van der Waals surface area contributed by atoms with Gasteiger partial charge in [-0.15, -0.1) is 11.3 Å². The van der Waals surface area contributed by atoms with E-state index >= 15 is 0 Å². The number of amides is 2. The number of aromatic nitrogens is 1. The maximum Gasteiger partial charge on any atom is 0.314 e. The monoisotopic (exact) mass is 497 g/mol. The second-order valence-corrected chi connectivity index (χ2v) is 9.12. The minimum Gasteiger partial charge on any atom is -0.378 e. The van der Waals surface area contributed by atoms with Gasteiger partial charge >= 0.3 is 6.03 Å². The summed E-state index contributed by atoms with van der Waals surface area (Å²) in [6.07, 6.45) is 1.74. The summed E-state index contributed by atoms with van der Waals surface area (Å²) in [5.74, 6) is -0.274. The molecule has 2 heterocycles. The second kappa shape index (κ2) is 12.5. The van der Waals surface area contributed by atoms with Gasteiger partial charge in [0.05, 0.1) is 24.6 Å². The Morgan fingerprint density at radius 1 is 1.06 bits per heavy atom. The van der Waals surface area contributed by atoms with Crippen LogP contribution in [0.2, 0.25) is 0 Å². The molecule has 1 fully saturated rings. The fraction of sp³-hybridized carbons (Fsp3) is 0.385. The van der Waals surface area contributed by atoms with Gasteiger partial charge in [0.25, 0.3) is 0 Å². The summed E-state index contributed by atoms with van der Waals surface area (Å²) in [4.78, 5) is 19.6. The highest BCUT2D eigenvalue weighted by molar-refractivity contribution is 7.07. The van der Waals surface area contributed by atoms with Gasteiger partial charge in [-0.3, -0.25) is 0 Å². The van der Waals surface area contributed by atoms with Crippen molar-refractivity contribution < 1.29 is 13.9 Å². The maximum atomic E-state index is 13.4. The first kappa shape index (κ1) is 24.9. The topological polar surface area (TPSA) is 70.9 Å². The first-order valence-electron chi connectivity index (χ1n) is 12.1. The van der Waals surface area contributed by atoms with E-state index in [4.69, 9.17) is 9.73 Å². The van der Waals surface area contributed by atoms with E-state index in [0.717, 1.165) is 61.7 Å². The predicted octanol–water partition coefficient (Wildman–Crippen LogP) is 4.52. The van der Waals surface area contributed by atoms with Crippen LogP contribution < -0.4 is 20.3 Å². The van der Waals surface area contributed by atoms with Crippen molar-refractivity contribution in [3.05, 3.63) is 64.5 Å². The third-order valence-electron chi connectivity index (χ3n) is 5.82. The Labute approximate surface area is 209 Å². The third kappa shape index (κ3) is 6.93. The van der Waals surface area contributed by atoms with Crippen LogP contribution in [-0.2, 0) is 11.3 Å². The van der Waals surface area contributed by atoms with E-state index in [0.29, 0.717) is 18.8 Å². The Kier molecular flexibility index (Phi) is 8.91. The van der Waals surface area contributed by atoms with Crippen molar-refractivity contribution in [3.63, 3.8) is 0 Å². The quantitative estimate of drug-likeness (QED) is 0.427. The lowest BCUT2D eigenvalue weighted by atomic mass is 10.1. The molecule has 1 aliphatic heterocycles. The molecule has 4 rings (SSSR count). The molecular formula is C26H32FN5O2S. The largest absolute Gasteiger partial charge is 0.378 e. The van der Waals surface area contributed by atoms with Crippen LogP contribution in [-0.4, -0.2) is 50.0 Å². The van der Waals surface area contributed by atoms with Crippen molar-refractivity contribution in [3.8, 4) is 11.3 Å². The number of rotatable bonds is 9.